The number of rotatable bonds is 7. The van der Waals surface area contributed by atoms with E-state index in [1.807, 2.05) is 0 Å². The van der Waals surface area contributed by atoms with Gasteiger partial charge in [-0.1, -0.05) is 41.9 Å². The SMILES string of the molecule is O=C(O)c1ccc(COc2ccc(/C=C3\SC(=O)N(Cc4ccc(F)cc4)C3=O)cc2Cl)cc1. The summed E-state index contributed by atoms with van der Waals surface area (Å²) in [4.78, 5) is 37.3. The van der Waals surface area contributed by atoms with Gasteiger partial charge in [0.05, 0.1) is 22.0 Å². The van der Waals surface area contributed by atoms with Crippen LogP contribution >= 0.6 is 23.4 Å². The van der Waals surface area contributed by atoms with Gasteiger partial charge in [0.1, 0.15) is 18.2 Å². The fraction of sp³-hybridized carbons (Fsp3) is 0.0800. The summed E-state index contributed by atoms with van der Waals surface area (Å²) in [5.74, 6) is -1.40. The van der Waals surface area contributed by atoms with Crippen molar-refractivity contribution in [3.8, 4) is 5.75 Å². The van der Waals surface area contributed by atoms with E-state index in [-0.39, 0.29) is 23.6 Å². The molecule has 0 aliphatic carbocycles. The molecular formula is C25H17ClFNO5S. The molecule has 2 amide bonds. The van der Waals surface area contributed by atoms with Gasteiger partial charge in [0.2, 0.25) is 0 Å². The van der Waals surface area contributed by atoms with Crippen LogP contribution in [0.25, 0.3) is 6.08 Å². The highest BCUT2D eigenvalue weighted by atomic mass is 35.5. The van der Waals surface area contributed by atoms with Gasteiger partial charge in [-0.15, -0.1) is 0 Å². The van der Waals surface area contributed by atoms with Crippen molar-refractivity contribution >= 4 is 46.6 Å². The standard InChI is InChI=1S/C25H17ClFNO5S/c26-20-11-17(5-10-21(20)33-14-16-1-6-18(7-2-16)24(30)31)12-22-23(29)28(25(32)34-22)13-15-3-8-19(27)9-4-15/h1-12H,13-14H2,(H,30,31)/b22-12-. The average molecular weight is 498 g/mol. The van der Waals surface area contributed by atoms with Gasteiger partial charge in [-0.2, -0.15) is 0 Å². The van der Waals surface area contributed by atoms with Gasteiger partial charge in [-0.25, -0.2) is 9.18 Å². The fourth-order valence-corrected chi connectivity index (χ4v) is 4.27. The van der Waals surface area contributed by atoms with Crippen molar-refractivity contribution in [3.63, 3.8) is 0 Å². The second-order valence-electron chi connectivity index (χ2n) is 7.37. The number of benzene rings is 3. The Kier molecular flexibility index (Phi) is 7.00. The van der Waals surface area contributed by atoms with Crippen molar-refractivity contribution in [2.75, 3.05) is 0 Å². The number of carboxylic acids is 1. The second kappa shape index (κ2) is 10.1. The molecule has 0 aromatic heterocycles. The number of nitrogens with zero attached hydrogens (tertiary/aromatic N) is 1. The molecule has 9 heteroatoms. The van der Waals surface area contributed by atoms with E-state index >= 15 is 0 Å². The zero-order valence-electron chi connectivity index (χ0n) is 17.5. The molecule has 6 nitrogen and oxygen atoms in total. The molecule has 0 saturated carbocycles. The van der Waals surface area contributed by atoms with Crippen molar-refractivity contribution in [1.29, 1.82) is 0 Å². The van der Waals surface area contributed by atoms with Crippen LogP contribution in [0.4, 0.5) is 9.18 Å². The molecule has 0 spiro atoms. The van der Waals surface area contributed by atoms with Crippen molar-refractivity contribution in [1.82, 2.24) is 4.90 Å². The first kappa shape index (κ1) is 23.5. The minimum atomic E-state index is -1.00. The summed E-state index contributed by atoms with van der Waals surface area (Å²) in [7, 11) is 0. The zero-order valence-corrected chi connectivity index (χ0v) is 19.1. The lowest BCUT2D eigenvalue weighted by atomic mass is 10.1. The van der Waals surface area contributed by atoms with Crippen LogP contribution in [0, 0.1) is 5.82 Å². The Morgan fingerprint density at radius 1 is 1.03 bits per heavy atom. The van der Waals surface area contributed by atoms with E-state index in [2.05, 4.69) is 0 Å². The number of carboxylic acid groups (broad SMARTS) is 1. The first-order valence-corrected chi connectivity index (χ1v) is 11.2. The number of aromatic carboxylic acids is 1. The highest BCUT2D eigenvalue weighted by Crippen LogP contribution is 2.34. The molecule has 1 heterocycles. The van der Waals surface area contributed by atoms with Gasteiger partial charge in [-0.05, 0) is 70.9 Å². The van der Waals surface area contributed by atoms with Gasteiger partial charge < -0.3 is 9.84 Å². The molecule has 1 N–H and O–H groups in total. The number of carbonyl (C=O) groups excluding carboxylic acids is 2. The molecular weight excluding hydrogens is 481 g/mol. The van der Waals surface area contributed by atoms with Crippen LogP contribution in [-0.2, 0) is 17.9 Å². The number of ether oxygens (including phenoxy) is 1. The first-order valence-electron chi connectivity index (χ1n) is 10.0. The largest absolute Gasteiger partial charge is 0.487 e. The van der Waals surface area contributed by atoms with Crippen LogP contribution in [0.1, 0.15) is 27.0 Å². The van der Waals surface area contributed by atoms with Gasteiger partial charge in [0.15, 0.2) is 0 Å². The van der Waals surface area contributed by atoms with Gasteiger partial charge in [-0.3, -0.25) is 14.5 Å². The monoisotopic (exact) mass is 497 g/mol. The number of halogens is 2. The molecule has 34 heavy (non-hydrogen) atoms. The Balaban J connectivity index is 1.42. The van der Waals surface area contributed by atoms with Crippen LogP contribution < -0.4 is 4.74 Å². The zero-order chi connectivity index (χ0) is 24.2. The maximum absolute atomic E-state index is 13.1. The molecule has 1 aliphatic heterocycles. The molecule has 4 rings (SSSR count). The number of amides is 2. The minimum absolute atomic E-state index is 0.0588. The molecule has 0 bridgehead atoms. The predicted octanol–water partition coefficient (Wildman–Crippen LogP) is 5.99. The minimum Gasteiger partial charge on any atom is -0.487 e. The summed E-state index contributed by atoms with van der Waals surface area (Å²) >= 11 is 7.16. The van der Waals surface area contributed by atoms with E-state index in [4.69, 9.17) is 21.4 Å². The maximum Gasteiger partial charge on any atom is 0.335 e. The van der Waals surface area contributed by atoms with Gasteiger partial charge in [0.25, 0.3) is 11.1 Å². The van der Waals surface area contributed by atoms with E-state index < -0.39 is 22.9 Å². The highest BCUT2D eigenvalue weighted by Gasteiger charge is 2.35. The van der Waals surface area contributed by atoms with E-state index in [1.165, 1.54) is 36.4 Å². The normalized spacial score (nSPS) is 14.6. The Morgan fingerprint density at radius 2 is 1.71 bits per heavy atom. The number of hydrogen-bond acceptors (Lipinski definition) is 5. The van der Waals surface area contributed by atoms with Crippen molar-refractivity contribution in [2.24, 2.45) is 0 Å². The highest BCUT2D eigenvalue weighted by molar-refractivity contribution is 8.18. The van der Waals surface area contributed by atoms with Crippen LogP contribution in [0.2, 0.25) is 5.02 Å². The second-order valence-corrected chi connectivity index (χ2v) is 8.78. The lowest BCUT2D eigenvalue weighted by Crippen LogP contribution is -2.27. The summed E-state index contributed by atoms with van der Waals surface area (Å²) in [6.45, 7) is 0.254. The van der Waals surface area contributed by atoms with Gasteiger partial charge >= 0.3 is 5.97 Å². The van der Waals surface area contributed by atoms with E-state index in [1.54, 1.807) is 36.4 Å². The van der Waals surface area contributed by atoms with E-state index in [9.17, 15) is 18.8 Å². The Bertz CT molecular complexity index is 1290. The summed E-state index contributed by atoms with van der Waals surface area (Å²) in [5, 5.41) is 8.88. The third kappa shape index (κ3) is 5.47. The van der Waals surface area contributed by atoms with Crippen molar-refractivity contribution < 1.29 is 28.6 Å². The Hall–Kier alpha value is -3.62. The third-order valence-electron chi connectivity index (χ3n) is 4.98. The number of thioether (sulfide) groups is 1. The van der Waals surface area contributed by atoms with Crippen LogP contribution in [0.5, 0.6) is 5.75 Å². The number of imide groups is 1. The lowest BCUT2D eigenvalue weighted by molar-refractivity contribution is -0.123. The van der Waals surface area contributed by atoms with Crippen molar-refractivity contribution in [2.45, 2.75) is 13.2 Å². The van der Waals surface area contributed by atoms with Crippen molar-refractivity contribution in [3.05, 3.63) is 105 Å². The summed E-state index contributed by atoms with van der Waals surface area (Å²) in [5.41, 5.74) is 2.23. The summed E-state index contributed by atoms with van der Waals surface area (Å²) in [6.07, 6.45) is 1.58. The molecule has 1 fully saturated rings. The Labute approximate surface area is 203 Å². The summed E-state index contributed by atoms with van der Waals surface area (Å²) < 4.78 is 18.8. The van der Waals surface area contributed by atoms with Crippen LogP contribution in [-0.4, -0.2) is 27.1 Å². The first-order chi connectivity index (χ1) is 16.3. The van der Waals surface area contributed by atoms with Crippen LogP contribution in [0.3, 0.4) is 0 Å². The Morgan fingerprint density at radius 3 is 2.35 bits per heavy atom. The van der Waals surface area contributed by atoms with Crippen LogP contribution in [0.15, 0.2) is 71.6 Å². The predicted molar refractivity (Wildman–Crippen MR) is 127 cm³/mol. The third-order valence-corrected chi connectivity index (χ3v) is 6.18. The average Bonchev–Trinajstić information content (AvgIpc) is 3.07. The van der Waals surface area contributed by atoms with Gasteiger partial charge in [0, 0.05) is 0 Å². The fourth-order valence-electron chi connectivity index (χ4n) is 3.19. The molecule has 0 atom stereocenters. The van der Waals surface area contributed by atoms with E-state index in [0.717, 1.165) is 22.2 Å². The molecule has 0 radical (unpaired) electrons. The topological polar surface area (TPSA) is 83.9 Å². The molecule has 3 aromatic rings. The lowest BCUT2D eigenvalue weighted by Gasteiger charge is -2.12. The molecule has 3 aromatic carbocycles. The maximum atomic E-state index is 13.1. The molecule has 0 unspecified atom stereocenters. The quantitative estimate of drug-likeness (QED) is 0.403. The molecule has 172 valence electrons. The summed E-state index contributed by atoms with van der Waals surface area (Å²) in [6, 6.07) is 16.9. The molecule has 1 aliphatic rings. The number of carbonyl (C=O) groups is 3. The van der Waals surface area contributed by atoms with E-state index in [0.29, 0.717) is 21.9 Å². The smallest absolute Gasteiger partial charge is 0.335 e. The molecule has 1 saturated heterocycles. The number of hydrogen-bond donors (Lipinski definition) is 1.